The van der Waals surface area contributed by atoms with Crippen LogP contribution in [0.3, 0.4) is 0 Å². The van der Waals surface area contributed by atoms with E-state index in [4.69, 9.17) is 0 Å². The number of rotatable bonds is 3. The van der Waals surface area contributed by atoms with Crippen molar-refractivity contribution in [3.8, 4) is 0 Å². The van der Waals surface area contributed by atoms with Crippen LogP contribution in [0.1, 0.15) is 26.7 Å². The molecule has 0 saturated heterocycles. The van der Waals surface area contributed by atoms with Crippen molar-refractivity contribution in [2.45, 2.75) is 26.7 Å². The van der Waals surface area contributed by atoms with Crippen LogP contribution < -0.4 is 0 Å². The van der Waals surface area contributed by atoms with Crippen LogP contribution in [0.25, 0.3) is 0 Å². The van der Waals surface area contributed by atoms with Crippen LogP contribution in [0, 0.1) is 5.92 Å². The normalized spacial score (nSPS) is 22.8. The highest BCUT2D eigenvalue weighted by Crippen LogP contribution is 2.27. The molecule has 0 aromatic rings. The molecule has 0 fully saturated rings. The SMILES string of the molecule is CC=CC1=CC=C(C=O)C(CC)C1. The molecular formula is C12H16O. The van der Waals surface area contributed by atoms with E-state index in [9.17, 15) is 4.79 Å². The second-order valence-electron chi connectivity index (χ2n) is 3.34. The molecule has 1 rings (SSSR count). The monoisotopic (exact) mass is 176 g/mol. The minimum atomic E-state index is 0.425. The molecule has 0 N–H and O–H groups in total. The van der Waals surface area contributed by atoms with Gasteiger partial charge in [0.2, 0.25) is 0 Å². The van der Waals surface area contributed by atoms with Crippen molar-refractivity contribution in [1.82, 2.24) is 0 Å². The first-order valence-corrected chi connectivity index (χ1v) is 4.80. The molecule has 0 heterocycles. The van der Waals surface area contributed by atoms with Gasteiger partial charge in [0.05, 0.1) is 0 Å². The molecule has 0 amide bonds. The second-order valence-corrected chi connectivity index (χ2v) is 3.34. The van der Waals surface area contributed by atoms with Gasteiger partial charge in [0.25, 0.3) is 0 Å². The van der Waals surface area contributed by atoms with Gasteiger partial charge in [-0.1, -0.05) is 31.2 Å². The van der Waals surface area contributed by atoms with Crippen molar-refractivity contribution in [1.29, 1.82) is 0 Å². The van der Waals surface area contributed by atoms with Gasteiger partial charge < -0.3 is 0 Å². The zero-order valence-electron chi connectivity index (χ0n) is 8.29. The number of hydrogen-bond donors (Lipinski definition) is 0. The van der Waals surface area contributed by atoms with Gasteiger partial charge in [-0.15, -0.1) is 0 Å². The summed E-state index contributed by atoms with van der Waals surface area (Å²) >= 11 is 0. The molecule has 1 atom stereocenters. The summed E-state index contributed by atoms with van der Waals surface area (Å²) in [4.78, 5) is 10.7. The molecule has 1 aliphatic rings. The van der Waals surface area contributed by atoms with E-state index >= 15 is 0 Å². The fourth-order valence-corrected chi connectivity index (χ4v) is 1.66. The van der Waals surface area contributed by atoms with E-state index in [0.29, 0.717) is 5.92 Å². The first-order valence-electron chi connectivity index (χ1n) is 4.80. The fraction of sp³-hybridized carbons (Fsp3) is 0.417. The van der Waals surface area contributed by atoms with E-state index in [0.717, 1.165) is 24.7 Å². The van der Waals surface area contributed by atoms with E-state index in [2.05, 4.69) is 13.0 Å². The molecule has 1 heteroatoms. The smallest absolute Gasteiger partial charge is 0.146 e. The van der Waals surface area contributed by atoms with Crippen molar-refractivity contribution in [2.75, 3.05) is 0 Å². The maximum absolute atomic E-state index is 10.7. The van der Waals surface area contributed by atoms with Gasteiger partial charge in [0.15, 0.2) is 0 Å². The van der Waals surface area contributed by atoms with Gasteiger partial charge in [0.1, 0.15) is 6.29 Å². The lowest BCUT2D eigenvalue weighted by atomic mass is 9.86. The lowest BCUT2D eigenvalue weighted by Gasteiger charge is -2.18. The standard InChI is InChI=1S/C12H16O/c1-3-5-10-6-7-12(9-13)11(4-2)8-10/h3,5-7,9,11H,4,8H2,1-2H3. The van der Waals surface area contributed by atoms with Gasteiger partial charge >= 0.3 is 0 Å². The average Bonchev–Trinajstić information content (AvgIpc) is 2.18. The van der Waals surface area contributed by atoms with Crippen molar-refractivity contribution in [3.05, 3.63) is 35.5 Å². The number of aldehydes is 1. The van der Waals surface area contributed by atoms with Crippen LogP contribution in [0.2, 0.25) is 0 Å². The minimum Gasteiger partial charge on any atom is -0.298 e. The Labute approximate surface area is 79.8 Å². The second kappa shape index (κ2) is 4.80. The summed E-state index contributed by atoms with van der Waals surface area (Å²) < 4.78 is 0. The molecule has 0 bridgehead atoms. The Morgan fingerprint density at radius 1 is 1.54 bits per heavy atom. The third kappa shape index (κ3) is 2.41. The van der Waals surface area contributed by atoms with Crippen molar-refractivity contribution in [2.24, 2.45) is 5.92 Å². The quantitative estimate of drug-likeness (QED) is 0.604. The van der Waals surface area contributed by atoms with Crippen molar-refractivity contribution >= 4 is 6.29 Å². The zero-order valence-corrected chi connectivity index (χ0v) is 8.29. The minimum absolute atomic E-state index is 0.425. The Morgan fingerprint density at radius 3 is 2.85 bits per heavy atom. The summed E-state index contributed by atoms with van der Waals surface area (Å²) in [6.45, 7) is 4.14. The molecule has 0 aromatic heterocycles. The number of carbonyl (C=O) groups excluding carboxylic acids is 1. The molecule has 70 valence electrons. The summed E-state index contributed by atoms with van der Waals surface area (Å²) in [5.74, 6) is 0.425. The summed E-state index contributed by atoms with van der Waals surface area (Å²) in [6.07, 6.45) is 11.2. The van der Waals surface area contributed by atoms with E-state index in [1.807, 2.05) is 25.2 Å². The Morgan fingerprint density at radius 2 is 2.31 bits per heavy atom. The molecule has 0 aromatic carbocycles. The highest BCUT2D eigenvalue weighted by molar-refractivity contribution is 5.75. The van der Waals surface area contributed by atoms with E-state index in [1.54, 1.807) is 0 Å². The zero-order chi connectivity index (χ0) is 9.68. The average molecular weight is 176 g/mol. The Balaban J connectivity index is 2.82. The lowest BCUT2D eigenvalue weighted by Crippen LogP contribution is -2.08. The first kappa shape index (κ1) is 9.97. The van der Waals surface area contributed by atoms with Crippen LogP contribution in [-0.2, 0) is 4.79 Å². The topological polar surface area (TPSA) is 17.1 Å². The summed E-state index contributed by atoms with van der Waals surface area (Å²) in [7, 11) is 0. The summed E-state index contributed by atoms with van der Waals surface area (Å²) in [5, 5.41) is 0. The number of allylic oxidation sites excluding steroid dienone is 6. The Bertz CT molecular complexity index is 269. The highest BCUT2D eigenvalue weighted by Gasteiger charge is 2.15. The van der Waals surface area contributed by atoms with Gasteiger partial charge in [-0.2, -0.15) is 0 Å². The van der Waals surface area contributed by atoms with Crippen LogP contribution in [-0.4, -0.2) is 6.29 Å². The summed E-state index contributed by atoms with van der Waals surface area (Å²) in [5.41, 5.74) is 2.26. The molecule has 0 aliphatic heterocycles. The maximum atomic E-state index is 10.7. The predicted molar refractivity (Wildman–Crippen MR) is 55.4 cm³/mol. The van der Waals surface area contributed by atoms with E-state index < -0.39 is 0 Å². The molecule has 0 radical (unpaired) electrons. The molecule has 0 saturated carbocycles. The van der Waals surface area contributed by atoms with Gasteiger partial charge in [-0.05, 0) is 36.8 Å². The first-order chi connectivity index (χ1) is 6.31. The van der Waals surface area contributed by atoms with Crippen molar-refractivity contribution in [3.63, 3.8) is 0 Å². The predicted octanol–water partition coefficient (Wildman–Crippen LogP) is 3.04. The van der Waals surface area contributed by atoms with Crippen LogP contribution in [0.15, 0.2) is 35.5 Å². The van der Waals surface area contributed by atoms with Crippen LogP contribution in [0.4, 0.5) is 0 Å². The molecule has 13 heavy (non-hydrogen) atoms. The van der Waals surface area contributed by atoms with E-state index in [1.165, 1.54) is 5.57 Å². The third-order valence-electron chi connectivity index (χ3n) is 2.45. The van der Waals surface area contributed by atoms with Crippen molar-refractivity contribution < 1.29 is 4.79 Å². The summed E-state index contributed by atoms with van der Waals surface area (Å²) in [6, 6.07) is 0. The molecular weight excluding hydrogens is 160 g/mol. The lowest BCUT2D eigenvalue weighted by molar-refractivity contribution is -0.105. The van der Waals surface area contributed by atoms with Crippen LogP contribution >= 0.6 is 0 Å². The Kier molecular flexibility index (Phi) is 3.69. The maximum Gasteiger partial charge on any atom is 0.146 e. The van der Waals surface area contributed by atoms with E-state index in [-0.39, 0.29) is 0 Å². The van der Waals surface area contributed by atoms with Gasteiger partial charge in [-0.25, -0.2) is 0 Å². The van der Waals surface area contributed by atoms with Crippen LogP contribution in [0.5, 0.6) is 0 Å². The molecule has 1 unspecified atom stereocenters. The van der Waals surface area contributed by atoms with Gasteiger partial charge in [-0.3, -0.25) is 4.79 Å². The highest BCUT2D eigenvalue weighted by atomic mass is 16.1. The fourth-order valence-electron chi connectivity index (χ4n) is 1.66. The molecule has 0 spiro atoms. The number of carbonyl (C=O) groups is 1. The molecule has 1 aliphatic carbocycles. The number of hydrogen-bond acceptors (Lipinski definition) is 1. The molecule has 1 nitrogen and oxygen atoms in total. The largest absolute Gasteiger partial charge is 0.298 e. The Hall–Kier alpha value is -1.11. The third-order valence-corrected chi connectivity index (χ3v) is 2.45. The van der Waals surface area contributed by atoms with Gasteiger partial charge in [0, 0.05) is 0 Å².